The largest absolute Gasteiger partial charge is 0.497 e. The second kappa shape index (κ2) is 5.96. The van der Waals surface area contributed by atoms with Gasteiger partial charge < -0.3 is 13.9 Å². The Morgan fingerprint density at radius 1 is 1.35 bits per heavy atom. The van der Waals surface area contributed by atoms with Gasteiger partial charge in [-0.1, -0.05) is 0 Å². The zero-order valence-corrected chi connectivity index (χ0v) is 12.6. The molecule has 0 saturated heterocycles. The van der Waals surface area contributed by atoms with Crippen LogP contribution < -0.4 is 10.4 Å². The first kappa shape index (κ1) is 14.8. The number of carbonyl (C=O) groups excluding carboxylic acids is 1. The van der Waals surface area contributed by atoms with Gasteiger partial charge in [0.15, 0.2) is 0 Å². The highest BCUT2D eigenvalue weighted by molar-refractivity contribution is 5.89. The fourth-order valence-corrected chi connectivity index (χ4v) is 2.21. The Bertz CT molecular complexity index is 926. The van der Waals surface area contributed by atoms with E-state index in [0.29, 0.717) is 27.8 Å². The fraction of sp³-hybridized carbons (Fsp3) is 0.188. The van der Waals surface area contributed by atoms with E-state index in [0.717, 1.165) is 0 Å². The molecule has 0 bridgehead atoms. The fourth-order valence-electron chi connectivity index (χ4n) is 2.21. The molecule has 7 heteroatoms. The summed E-state index contributed by atoms with van der Waals surface area (Å²) in [6.07, 6.45) is 2.98. The number of rotatable bonds is 4. The van der Waals surface area contributed by atoms with Crippen LogP contribution in [0.4, 0.5) is 0 Å². The first-order valence-corrected chi connectivity index (χ1v) is 6.83. The third-order valence-electron chi connectivity index (χ3n) is 3.34. The third-order valence-corrected chi connectivity index (χ3v) is 3.34. The summed E-state index contributed by atoms with van der Waals surface area (Å²) in [6.45, 7) is -0.0395. The molecule has 0 spiro atoms. The molecule has 0 N–H and O–H groups in total. The van der Waals surface area contributed by atoms with Crippen LogP contribution >= 0.6 is 0 Å². The summed E-state index contributed by atoms with van der Waals surface area (Å²) in [5.74, 6) is 0.0677. The molecule has 0 fully saturated rings. The number of nitrogens with zero attached hydrogens (tertiary/aromatic N) is 2. The Morgan fingerprint density at radius 2 is 2.17 bits per heavy atom. The molecule has 7 nitrogen and oxygen atoms in total. The highest BCUT2D eigenvalue weighted by atomic mass is 16.5. The number of aromatic nitrogens is 2. The first-order chi connectivity index (χ1) is 11.1. The highest BCUT2D eigenvalue weighted by Gasteiger charge is 2.12. The maximum Gasteiger partial charge on any atom is 0.341 e. The lowest BCUT2D eigenvalue weighted by Gasteiger charge is -2.07. The Hall–Kier alpha value is -3.09. The van der Waals surface area contributed by atoms with Crippen molar-refractivity contribution in [2.45, 2.75) is 6.61 Å². The van der Waals surface area contributed by atoms with Crippen LogP contribution in [0.1, 0.15) is 15.9 Å². The van der Waals surface area contributed by atoms with Gasteiger partial charge in [0.25, 0.3) is 0 Å². The van der Waals surface area contributed by atoms with Crippen molar-refractivity contribution in [3.63, 3.8) is 0 Å². The molecule has 1 aromatic carbocycles. The maximum atomic E-state index is 12.0. The van der Waals surface area contributed by atoms with Gasteiger partial charge in [0.1, 0.15) is 17.9 Å². The Kier molecular flexibility index (Phi) is 3.84. The second-order valence-electron chi connectivity index (χ2n) is 4.93. The average Bonchev–Trinajstić information content (AvgIpc) is 2.98. The third kappa shape index (κ3) is 3.08. The van der Waals surface area contributed by atoms with Gasteiger partial charge in [0.05, 0.1) is 18.9 Å². The van der Waals surface area contributed by atoms with Crippen molar-refractivity contribution in [1.82, 2.24) is 9.78 Å². The van der Waals surface area contributed by atoms with E-state index in [9.17, 15) is 9.59 Å². The van der Waals surface area contributed by atoms with Gasteiger partial charge in [0, 0.05) is 36.3 Å². The number of fused-ring (bicyclic) bond motifs is 1. The number of esters is 1. The molecule has 2 heterocycles. The Balaban J connectivity index is 1.87. The summed E-state index contributed by atoms with van der Waals surface area (Å²) >= 11 is 0. The van der Waals surface area contributed by atoms with Crippen LogP contribution in [-0.4, -0.2) is 22.9 Å². The summed E-state index contributed by atoms with van der Waals surface area (Å²) in [7, 11) is 3.24. The summed E-state index contributed by atoms with van der Waals surface area (Å²) < 4.78 is 17.0. The maximum absolute atomic E-state index is 12.0. The normalized spacial score (nSPS) is 10.7. The number of methoxy groups -OCH3 is 1. The minimum absolute atomic E-state index is 0.0395. The highest BCUT2D eigenvalue weighted by Crippen LogP contribution is 2.23. The second-order valence-corrected chi connectivity index (χ2v) is 4.93. The van der Waals surface area contributed by atoms with Crippen LogP contribution in [0.5, 0.6) is 5.75 Å². The van der Waals surface area contributed by atoms with Crippen LogP contribution in [0.15, 0.2) is 45.9 Å². The van der Waals surface area contributed by atoms with Crippen molar-refractivity contribution in [3.05, 3.63) is 58.2 Å². The molecule has 2 aromatic heterocycles. The van der Waals surface area contributed by atoms with Crippen LogP contribution in [0, 0.1) is 0 Å². The zero-order chi connectivity index (χ0) is 16.4. The quantitative estimate of drug-likeness (QED) is 0.540. The van der Waals surface area contributed by atoms with E-state index in [2.05, 4.69) is 5.10 Å². The monoisotopic (exact) mass is 314 g/mol. The molecule has 0 aliphatic heterocycles. The van der Waals surface area contributed by atoms with Crippen molar-refractivity contribution in [2.75, 3.05) is 7.11 Å². The average molecular weight is 314 g/mol. The smallest absolute Gasteiger partial charge is 0.341 e. The molecule has 0 atom stereocenters. The number of carbonyl (C=O) groups is 1. The van der Waals surface area contributed by atoms with Gasteiger partial charge in [0.2, 0.25) is 0 Å². The summed E-state index contributed by atoms with van der Waals surface area (Å²) in [6, 6.07) is 6.42. The minimum Gasteiger partial charge on any atom is -0.497 e. The van der Waals surface area contributed by atoms with Gasteiger partial charge in [-0.25, -0.2) is 9.59 Å². The van der Waals surface area contributed by atoms with E-state index in [4.69, 9.17) is 13.9 Å². The summed E-state index contributed by atoms with van der Waals surface area (Å²) in [5.41, 5.74) is 0.778. The summed E-state index contributed by atoms with van der Waals surface area (Å²) in [5, 5.41) is 4.60. The number of ether oxygens (including phenoxy) is 2. The zero-order valence-electron chi connectivity index (χ0n) is 12.6. The van der Waals surface area contributed by atoms with Gasteiger partial charge in [-0.2, -0.15) is 5.10 Å². The predicted molar refractivity (Wildman–Crippen MR) is 81.4 cm³/mol. The van der Waals surface area contributed by atoms with Crippen LogP contribution in [0.2, 0.25) is 0 Å². The lowest BCUT2D eigenvalue weighted by molar-refractivity contribution is 0.0473. The van der Waals surface area contributed by atoms with Crippen molar-refractivity contribution in [3.8, 4) is 5.75 Å². The lowest BCUT2D eigenvalue weighted by atomic mass is 10.1. The molecule has 0 unspecified atom stereocenters. The van der Waals surface area contributed by atoms with E-state index in [1.807, 2.05) is 0 Å². The molecule has 23 heavy (non-hydrogen) atoms. The van der Waals surface area contributed by atoms with E-state index in [-0.39, 0.29) is 6.61 Å². The van der Waals surface area contributed by atoms with Crippen LogP contribution in [0.25, 0.3) is 11.0 Å². The SMILES string of the molecule is COc1ccc2c(COC(=O)c3cnn(C)c3)cc(=O)oc2c1. The number of hydrogen-bond acceptors (Lipinski definition) is 6. The predicted octanol–water partition coefficient (Wildman–Crippen LogP) is 1.89. The van der Waals surface area contributed by atoms with E-state index in [1.54, 1.807) is 31.4 Å². The van der Waals surface area contributed by atoms with Gasteiger partial charge in [-0.05, 0) is 12.1 Å². The van der Waals surface area contributed by atoms with Crippen LogP contribution in [-0.2, 0) is 18.4 Å². The van der Waals surface area contributed by atoms with E-state index >= 15 is 0 Å². The van der Waals surface area contributed by atoms with Gasteiger partial charge in [-0.15, -0.1) is 0 Å². The van der Waals surface area contributed by atoms with E-state index < -0.39 is 11.6 Å². The first-order valence-electron chi connectivity index (χ1n) is 6.83. The Labute approximate surface area is 131 Å². The molecule has 0 aliphatic rings. The van der Waals surface area contributed by atoms with E-state index in [1.165, 1.54) is 24.1 Å². The molecular weight excluding hydrogens is 300 g/mol. The standard InChI is InChI=1S/C16H14N2O5/c1-18-8-11(7-17-18)16(20)22-9-10-5-15(19)23-14-6-12(21-2)3-4-13(10)14/h3-8H,9H2,1-2H3. The number of hydrogen-bond donors (Lipinski definition) is 0. The molecule has 0 radical (unpaired) electrons. The minimum atomic E-state index is -0.516. The lowest BCUT2D eigenvalue weighted by Crippen LogP contribution is -2.07. The molecule has 3 aromatic rings. The van der Waals surface area contributed by atoms with Crippen LogP contribution in [0.3, 0.4) is 0 Å². The molecule has 0 saturated carbocycles. The summed E-state index contributed by atoms with van der Waals surface area (Å²) in [4.78, 5) is 23.6. The molecule has 3 rings (SSSR count). The molecule has 118 valence electrons. The van der Waals surface area contributed by atoms with Crippen molar-refractivity contribution in [2.24, 2.45) is 7.05 Å². The Morgan fingerprint density at radius 3 is 2.87 bits per heavy atom. The topological polar surface area (TPSA) is 83.6 Å². The van der Waals surface area contributed by atoms with Crippen molar-refractivity contribution >= 4 is 16.9 Å². The van der Waals surface area contributed by atoms with Crippen molar-refractivity contribution < 1.29 is 18.7 Å². The van der Waals surface area contributed by atoms with Gasteiger partial charge >= 0.3 is 11.6 Å². The van der Waals surface area contributed by atoms with Gasteiger partial charge in [-0.3, -0.25) is 4.68 Å². The molecule has 0 amide bonds. The molecule has 0 aliphatic carbocycles. The number of benzene rings is 1. The molecular formula is C16H14N2O5. The van der Waals surface area contributed by atoms with Crippen molar-refractivity contribution in [1.29, 1.82) is 0 Å². The number of aryl methyl sites for hydroxylation is 1.